The number of nitrogens with one attached hydrogen (secondary N) is 2. The van der Waals surface area contributed by atoms with Crippen LogP contribution in [0.25, 0.3) is 0 Å². The molecule has 152 valence electrons. The molecule has 28 heavy (non-hydrogen) atoms. The maximum absolute atomic E-state index is 13.5. The highest BCUT2D eigenvalue weighted by Gasteiger charge is 2.49. The Kier molecular flexibility index (Phi) is 5.29. The molecule has 0 unspecified atom stereocenters. The number of amides is 3. The Balaban J connectivity index is 1.50. The third kappa shape index (κ3) is 3.61. The van der Waals surface area contributed by atoms with Gasteiger partial charge in [0.05, 0.1) is 12.2 Å². The minimum absolute atomic E-state index is 0.0481. The molecular formula is C21H30N4O3. The number of hydrogen-bond donors (Lipinski definition) is 2. The number of ether oxygens (including phenoxy) is 1. The predicted octanol–water partition coefficient (Wildman–Crippen LogP) is 0.775. The molecule has 0 aromatic heterocycles. The van der Waals surface area contributed by atoms with Crippen molar-refractivity contribution in [3.63, 3.8) is 0 Å². The highest BCUT2D eigenvalue weighted by molar-refractivity contribution is 5.88. The normalized spacial score (nSPS) is 26.8. The lowest BCUT2D eigenvalue weighted by atomic mass is 9.90. The number of carbonyl (C=O) groups excluding carboxylic acids is 2. The molecule has 2 N–H and O–H groups in total. The van der Waals surface area contributed by atoms with E-state index in [2.05, 4.69) is 41.5 Å². The zero-order chi connectivity index (χ0) is 19.7. The Labute approximate surface area is 166 Å². The van der Waals surface area contributed by atoms with Gasteiger partial charge in [-0.15, -0.1) is 0 Å². The van der Waals surface area contributed by atoms with Crippen molar-refractivity contribution < 1.29 is 14.3 Å². The number of hydrogen-bond acceptors (Lipinski definition) is 4. The van der Waals surface area contributed by atoms with E-state index >= 15 is 0 Å². The van der Waals surface area contributed by atoms with Gasteiger partial charge in [0.1, 0.15) is 5.54 Å². The van der Waals surface area contributed by atoms with Crippen molar-refractivity contribution in [3.05, 3.63) is 35.4 Å². The van der Waals surface area contributed by atoms with Crippen LogP contribution in [0.15, 0.2) is 24.3 Å². The smallest absolute Gasteiger partial charge is 0.317 e. The number of carbonyl (C=O) groups is 2. The summed E-state index contributed by atoms with van der Waals surface area (Å²) >= 11 is 0. The highest BCUT2D eigenvalue weighted by Crippen LogP contribution is 2.36. The summed E-state index contributed by atoms with van der Waals surface area (Å²) in [7, 11) is 0. The van der Waals surface area contributed by atoms with Gasteiger partial charge in [-0.2, -0.15) is 0 Å². The second-order valence-electron chi connectivity index (χ2n) is 8.29. The van der Waals surface area contributed by atoms with E-state index in [1.807, 2.05) is 12.1 Å². The molecule has 1 aromatic carbocycles. The van der Waals surface area contributed by atoms with Crippen LogP contribution in [0.2, 0.25) is 0 Å². The van der Waals surface area contributed by atoms with Gasteiger partial charge in [0, 0.05) is 52.1 Å². The van der Waals surface area contributed by atoms with Crippen LogP contribution < -0.4 is 10.6 Å². The minimum Gasteiger partial charge on any atom is -0.373 e. The first-order chi connectivity index (χ1) is 13.5. The third-order valence-electron chi connectivity index (χ3n) is 6.14. The molecule has 2 saturated heterocycles. The first kappa shape index (κ1) is 19.2. The van der Waals surface area contributed by atoms with E-state index in [0.29, 0.717) is 26.2 Å². The van der Waals surface area contributed by atoms with Crippen LogP contribution in [0.4, 0.5) is 4.79 Å². The van der Waals surface area contributed by atoms with E-state index < -0.39 is 5.54 Å². The summed E-state index contributed by atoms with van der Waals surface area (Å²) in [6.07, 6.45) is 1.65. The van der Waals surface area contributed by atoms with Crippen LogP contribution in [0, 0.1) is 0 Å². The van der Waals surface area contributed by atoms with Crippen LogP contribution in [0.3, 0.4) is 0 Å². The lowest BCUT2D eigenvalue weighted by Crippen LogP contribution is -2.64. The number of morpholine rings is 1. The molecule has 4 rings (SSSR count). The molecule has 2 fully saturated rings. The molecule has 2 atom stereocenters. The van der Waals surface area contributed by atoms with E-state index in [1.54, 1.807) is 4.90 Å². The van der Waals surface area contributed by atoms with Crippen LogP contribution in [-0.4, -0.2) is 78.8 Å². The Morgan fingerprint density at radius 2 is 1.86 bits per heavy atom. The molecule has 1 aliphatic carbocycles. The maximum Gasteiger partial charge on any atom is 0.317 e. The molecule has 3 amide bonds. The molecule has 0 radical (unpaired) electrons. The Morgan fingerprint density at radius 1 is 1.21 bits per heavy atom. The standard InChI is InChI=1S/C21H30N4O3/c1-15-13-25(14-16(2)28-15)21(11-17-5-3-4-6-18(17)12-21)19(26)22-7-9-24-10-8-23-20(24)27/h3-6,15-16H,7-14H2,1-2H3,(H,22,26)(H,23,27)/t15-,16+. The average Bonchev–Trinajstić information content (AvgIpc) is 3.25. The molecule has 7 heteroatoms. The number of benzene rings is 1. The number of rotatable bonds is 5. The van der Waals surface area contributed by atoms with Crippen molar-refractivity contribution in [2.45, 2.75) is 44.4 Å². The first-order valence-electron chi connectivity index (χ1n) is 10.3. The van der Waals surface area contributed by atoms with Gasteiger partial charge in [0.25, 0.3) is 0 Å². The van der Waals surface area contributed by atoms with Crippen LogP contribution in [0.1, 0.15) is 25.0 Å². The SMILES string of the molecule is C[C@@H]1CN(C2(C(=O)NCCN3CCNC3=O)Cc3ccccc3C2)C[C@H](C)O1. The summed E-state index contributed by atoms with van der Waals surface area (Å²) in [6.45, 7) is 8.03. The van der Waals surface area contributed by atoms with Crippen molar-refractivity contribution in [1.82, 2.24) is 20.4 Å². The third-order valence-corrected chi connectivity index (χ3v) is 6.14. The molecular weight excluding hydrogens is 356 g/mol. The lowest BCUT2D eigenvalue weighted by Gasteiger charge is -2.45. The summed E-state index contributed by atoms with van der Waals surface area (Å²) in [4.78, 5) is 29.3. The van der Waals surface area contributed by atoms with Gasteiger partial charge in [-0.25, -0.2) is 4.79 Å². The Morgan fingerprint density at radius 3 is 2.43 bits per heavy atom. The Bertz CT molecular complexity index is 718. The Hall–Kier alpha value is -2.12. The van der Waals surface area contributed by atoms with Gasteiger partial charge in [-0.05, 0) is 25.0 Å². The quantitative estimate of drug-likeness (QED) is 0.784. The van der Waals surface area contributed by atoms with Gasteiger partial charge in [0.2, 0.25) is 5.91 Å². The molecule has 0 saturated carbocycles. The second-order valence-corrected chi connectivity index (χ2v) is 8.29. The fourth-order valence-corrected chi connectivity index (χ4v) is 4.84. The molecule has 1 aromatic rings. The maximum atomic E-state index is 13.5. The van der Waals surface area contributed by atoms with Crippen LogP contribution in [0.5, 0.6) is 0 Å². The monoisotopic (exact) mass is 386 g/mol. The van der Waals surface area contributed by atoms with Crippen LogP contribution in [-0.2, 0) is 22.4 Å². The van der Waals surface area contributed by atoms with E-state index in [-0.39, 0.29) is 24.1 Å². The zero-order valence-electron chi connectivity index (χ0n) is 16.7. The fourth-order valence-electron chi connectivity index (χ4n) is 4.84. The number of urea groups is 1. The zero-order valence-corrected chi connectivity index (χ0v) is 16.7. The van der Waals surface area contributed by atoms with Gasteiger partial charge in [-0.1, -0.05) is 24.3 Å². The predicted molar refractivity (Wildman–Crippen MR) is 106 cm³/mol. The minimum atomic E-state index is -0.580. The van der Waals surface area contributed by atoms with Gasteiger partial charge in [-0.3, -0.25) is 9.69 Å². The van der Waals surface area contributed by atoms with Crippen molar-refractivity contribution in [2.75, 3.05) is 39.3 Å². The largest absolute Gasteiger partial charge is 0.373 e. The molecule has 0 spiro atoms. The second kappa shape index (κ2) is 7.72. The van der Waals surface area contributed by atoms with E-state index in [4.69, 9.17) is 4.74 Å². The fraction of sp³-hybridized carbons (Fsp3) is 0.619. The van der Waals surface area contributed by atoms with E-state index in [0.717, 1.165) is 25.9 Å². The van der Waals surface area contributed by atoms with Gasteiger partial charge >= 0.3 is 6.03 Å². The van der Waals surface area contributed by atoms with Crippen molar-refractivity contribution in [2.24, 2.45) is 0 Å². The lowest BCUT2D eigenvalue weighted by molar-refractivity contribution is -0.144. The van der Waals surface area contributed by atoms with Crippen LogP contribution >= 0.6 is 0 Å². The van der Waals surface area contributed by atoms with Gasteiger partial charge in [0.15, 0.2) is 0 Å². The molecule has 2 heterocycles. The molecule has 2 aliphatic heterocycles. The summed E-state index contributed by atoms with van der Waals surface area (Å²) in [5, 5.41) is 5.93. The summed E-state index contributed by atoms with van der Waals surface area (Å²) in [6, 6.07) is 8.30. The highest BCUT2D eigenvalue weighted by atomic mass is 16.5. The molecule has 7 nitrogen and oxygen atoms in total. The number of nitrogens with zero attached hydrogens (tertiary/aromatic N) is 2. The van der Waals surface area contributed by atoms with E-state index in [9.17, 15) is 9.59 Å². The average molecular weight is 386 g/mol. The van der Waals surface area contributed by atoms with Gasteiger partial charge < -0.3 is 20.3 Å². The summed E-state index contributed by atoms with van der Waals surface area (Å²) in [5.74, 6) is 0.0598. The van der Waals surface area contributed by atoms with Crippen molar-refractivity contribution in [3.8, 4) is 0 Å². The molecule has 3 aliphatic rings. The summed E-state index contributed by atoms with van der Waals surface area (Å²) < 4.78 is 5.91. The first-order valence-corrected chi connectivity index (χ1v) is 10.3. The topological polar surface area (TPSA) is 73.9 Å². The summed E-state index contributed by atoms with van der Waals surface area (Å²) in [5.41, 5.74) is 1.93. The van der Waals surface area contributed by atoms with E-state index in [1.165, 1.54) is 11.1 Å². The van der Waals surface area contributed by atoms with Crippen molar-refractivity contribution in [1.29, 1.82) is 0 Å². The van der Waals surface area contributed by atoms with Crippen molar-refractivity contribution >= 4 is 11.9 Å². The molecule has 0 bridgehead atoms. The number of fused-ring (bicyclic) bond motifs is 1.